The average Bonchev–Trinajstić information content (AvgIpc) is 4.03. The number of benzene rings is 2. The van der Waals surface area contributed by atoms with Crippen LogP contribution in [0.25, 0.3) is 42.9 Å². The zero-order chi connectivity index (χ0) is 39.0. The number of carbonyl (C=O) groups is 4. The van der Waals surface area contributed by atoms with E-state index in [1.54, 1.807) is 22.4 Å². The number of H-pyrrole nitrogens is 2. The maximum absolute atomic E-state index is 13.7. The van der Waals surface area contributed by atoms with Gasteiger partial charge >= 0.3 is 12.2 Å². The number of alkyl carbamates (subject to hydrolysis) is 2. The number of hydrogen-bond acceptors (Lipinski definition) is 10. The van der Waals surface area contributed by atoms with E-state index in [4.69, 9.17) is 19.4 Å². The first kappa shape index (κ1) is 37.8. The number of carbonyl (C=O) groups excluding carboxylic acids is 4. The van der Waals surface area contributed by atoms with Gasteiger partial charge in [-0.15, -0.1) is 11.3 Å². The number of aromatic amines is 2. The minimum absolute atomic E-state index is 0.116. The molecule has 4 atom stereocenters. The summed E-state index contributed by atoms with van der Waals surface area (Å²) in [6.07, 6.45) is 5.56. The van der Waals surface area contributed by atoms with Crippen LogP contribution in [0.4, 0.5) is 9.59 Å². The van der Waals surface area contributed by atoms with Crippen LogP contribution in [0.5, 0.6) is 0 Å². The number of ether oxygens (including phenoxy) is 2. The van der Waals surface area contributed by atoms with Crippen molar-refractivity contribution in [3.8, 4) is 21.1 Å². The molecule has 5 aromatic rings. The molecule has 0 unspecified atom stereocenters. The third-order valence-corrected chi connectivity index (χ3v) is 11.7. The van der Waals surface area contributed by atoms with E-state index in [-0.39, 0.29) is 35.7 Å². The Kier molecular flexibility index (Phi) is 10.8. The predicted octanol–water partition coefficient (Wildman–Crippen LogP) is 6.32. The van der Waals surface area contributed by atoms with Crippen LogP contribution >= 0.6 is 11.3 Å². The average molecular weight is 770 g/mol. The molecule has 0 aliphatic carbocycles. The van der Waals surface area contributed by atoms with Crippen molar-refractivity contribution in [3.63, 3.8) is 0 Å². The number of nitrogens with one attached hydrogen (secondary N) is 4. The molecule has 2 aliphatic heterocycles. The summed E-state index contributed by atoms with van der Waals surface area (Å²) in [5.41, 5.74) is 3.51. The van der Waals surface area contributed by atoms with Gasteiger partial charge in [0.2, 0.25) is 11.8 Å². The van der Waals surface area contributed by atoms with Gasteiger partial charge in [-0.05, 0) is 60.6 Å². The van der Waals surface area contributed by atoms with Crippen molar-refractivity contribution in [3.05, 3.63) is 54.4 Å². The SMILES string of the molecule is COC(=O)N[C@H](C(=O)N1CCC[C@H]1c1nc2c(ccc3cc(-c4cnc(-c5cnc([C@@H]6CCCN6C(=O)[C@H](NC(=O)OC)C(C)C)[nH]5)s4)ccc32)[nH]1)C(C)C. The van der Waals surface area contributed by atoms with Crippen molar-refractivity contribution in [2.45, 2.75) is 77.5 Å². The molecule has 4 N–H and O–H groups in total. The molecule has 15 nitrogen and oxygen atoms in total. The lowest BCUT2D eigenvalue weighted by molar-refractivity contribution is -0.136. The van der Waals surface area contributed by atoms with Crippen LogP contribution in [0.1, 0.15) is 77.1 Å². The fourth-order valence-corrected chi connectivity index (χ4v) is 8.54. The van der Waals surface area contributed by atoms with Crippen molar-refractivity contribution < 1.29 is 28.7 Å². The lowest BCUT2D eigenvalue weighted by Gasteiger charge is -2.29. The first-order chi connectivity index (χ1) is 26.5. The molecule has 0 saturated carbocycles. The summed E-state index contributed by atoms with van der Waals surface area (Å²) < 4.78 is 9.53. The minimum Gasteiger partial charge on any atom is -0.453 e. The maximum Gasteiger partial charge on any atom is 0.407 e. The van der Waals surface area contributed by atoms with E-state index in [0.717, 1.165) is 74.5 Å². The zero-order valence-corrected chi connectivity index (χ0v) is 32.7. The van der Waals surface area contributed by atoms with E-state index in [2.05, 4.69) is 49.9 Å². The first-order valence-electron chi connectivity index (χ1n) is 18.7. The van der Waals surface area contributed by atoms with Gasteiger partial charge < -0.3 is 39.9 Å². The molecule has 7 rings (SSSR count). The summed E-state index contributed by atoms with van der Waals surface area (Å²) in [6, 6.07) is 8.49. The summed E-state index contributed by atoms with van der Waals surface area (Å²) >= 11 is 1.55. The van der Waals surface area contributed by atoms with Crippen LogP contribution in [-0.4, -0.2) is 98.1 Å². The third kappa shape index (κ3) is 7.46. The number of rotatable bonds is 10. The van der Waals surface area contributed by atoms with E-state index in [1.165, 1.54) is 14.2 Å². The van der Waals surface area contributed by atoms with Gasteiger partial charge in [-0.2, -0.15) is 0 Å². The number of methoxy groups -OCH3 is 2. The summed E-state index contributed by atoms with van der Waals surface area (Å²) in [6.45, 7) is 8.75. The highest BCUT2D eigenvalue weighted by atomic mass is 32.1. The highest BCUT2D eigenvalue weighted by molar-refractivity contribution is 7.18. The molecule has 0 radical (unpaired) electrons. The van der Waals surface area contributed by atoms with Crippen molar-refractivity contribution in [2.24, 2.45) is 11.8 Å². The highest BCUT2D eigenvalue weighted by Gasteiger charge is 2.39. The molecule has 290 valence electrons. The number of imidazole rings is 2. The molecular weight excluding hydrogens is 723 g/mol. The van der Waals surface area contributed by atoms with E-state index in [9.17, 15) is 19.2 Å². The number of thiazole rings is 1. The largest absolute Gasteiger partial charge is 0.453 e. The van der Waals surface area contributed by atoms with Crippen LogP contribution in [0.15, 0.2) is 42.7 Å². The van der Waals surface area contributed by atoms with Crippen LogP contribution < -0.4 is 10.6 Å². The Hall–Kier alpha value is -5.51. The van der Waals surface area contributed by atoms with Crippen molar-refractivity contribution in [2.75, 3.05) is 27.3 Å². The van der Waals surface area contributed by atoms with E-state index < -0.39 is 24.3 Å². The smallest absolute Gasteiger partial charge is 0.407 e. The highest BCUT2D eigenvalue weighted by Crippen LogP contribution is 2.38. The minimum atomic E-state index is -0.702. The van der Waals surface area contributed by atoms with Gasteiger partial charge in [0.05, 0.1) is 54.1 Å². The molecule has 0 bridgehead atoms. The Labute approximate surface area is 322 Å². The van der Waals surface area contributed by atoms with Gasteiger partial charge in [-0.1, -0.05) is 45.9 Å². The topological polar surface area (TPSA) is 188 Å². The van der Waals surface area contributed by atoms with Gasteiger partial charge in [-0.25, -0.2) is 24.5 Å². The molecule has 2 fully saturated rings. The second-order valence-corrected chi connectivity index (χ2v) is 15.9. The fourth-order valence-electron chi connectivity index (χ4n) is 7.66. The summed E-state index contributed by atoms with van der Waals surface area (Å²) in [5.74, 6) is 0.885. The van der Waals surface area contributed by atoms with Gasteiger partial charge in [0.1, 0.15) is 28.7 Å². The second-order valence-electron chi connectivity index (χ2n) is 14.8. The molecular formula is C39H47N9O6S. The van der Waals surface area contributed by atoms with Crippen molar-refractivity contribution >= 4 is 57.1 Å². The number of likely N-dealkylation sites (tertiary alicyclic amines) is 2. The lowest BCUT2D eigenvalue weighted by atomic mass is 10.0. The Morgan fingerprint density at radius 3 is 2.02 bits per heavy atom. The molecule has 2 saturated heterocycles. The van der Waals surface area contributed by atoms with Gasteiger partial charge in [0, 0.05) is 24.7 Å². The summed E-state index contributed by atoms with van der Waals surface area (Å²) in [7, 11) is 2.57. The molecule has 5 heterocycles. The van der Waals surface area contributed by atoms with Gasteiger partial charge in [0.15, 0.2) is 0 Å². The van der Waals surface area contributed by atoms with Crippen LogP contribution in [0, 0.1) is 11.8 Å². The van der Waals surface area contributed by atoms with Crippen molar-refractivity contribution in [1.29, 1.82) is 0 Å². The standard InChI is InChI=1S/C39H47N9O6S/c1-20(2)30(45-38(51)53-5)36(49)47-15-7-9-27(47)33-40-18-26(43-33)35-41-19-29(55-35)23-11-13-24-22(17-23)12-14-25-32(24)44-34(42-25)28-10-8-16-48(28)37(50)31(21(3)4)46-39(52)54-6/h11-14,17-21,27-28,30-31H,7-10,15-16H2,1-6H3,(H,40,43)(H,42,44)(H,45,51)(H,46,52)/t27-,28-,30+,31-/m0/s1. The Balaban J connectivity index is 1.09. The van der Waals surface area contributed by atoms with Gasteiger partial charge in [-0.3, -0.25) is 9.59 Å². The quantitative estimate of drug-likeness (QED) is 0.126. The zero-order valence-electron chi connectivity index (χ0n) is 31.8. The number of aromatic nitrogens is 5. The second kappa shape index (κ2) is 15.7. The lowest BCUT2D eigenvalue weighted by Crippen LogP contribution is -2.51. The normalized spacial score (nSPS) is 18.3. The van der Waals surface area contributed by atoms with E-state index in [1.807, 2.05) is 44.9 Å². The van der Waals surface area contributed by atoms with Crippen LogP contribution in [-0.2, 0) is 19.1 Å². The van der Waals surface area contributed by atoms with Gasteiger partial charge in [0.25, 0.3) is 0 Å². The Morgan fingerprint density at radius 1 is 0.800 bits per heavy atom. The Bertz CT molecular complexity index is 2230. The molecule has 16 heteroatoms. The van der Waals surface area contributed by atoms with Crippen LogP contribution in [0.3, 0.4) is 0 Å². The summed E-state index contributed by atoms with van der Waals surface area (Å²) in [4.78, 5) is 77.1. The fraction of sp³-hybridized carbons (Fsp3) is 0.462. The first-order valence-corrected chi connectivity index (χ1v) is 19.5. The number of amides is 4. The molecule has 0 spiro atoms. The molecule has 4 amide bonds. The predicted molar refractivity (Wildman–Crippen MR) is 208 cm³/mol. The van der Waals surface area contributed by atoms with E-state index >= 15 is 0 Å². The number of hydrogen-bond donors (Lipinski definition) is 4. The Morgan fingerprint density at radius 2 is 1.42 bits per heavy atom. The number of fused-ring (bicyclic) bond motifs is 3. The molecule has 2 aromatic carbocycles. The van der Waals surface area contributed by atoms with Crippen LogP contribution in [0.2, 0.25) is 0 Å². The number of nitrogens with zero attached hydrogens (tertiary/aromatic N) is 5. The molecule has 3 aromatic heterocycles. The third-order valence-electron chi connectivity index (χ3n) is 10.6. The monoisotopic (exact) mass is 769 g/mol. The molecule has 2 aliphatic rings. The maximum atomic E-state index is 13.7. The van der Waals surface area contributed by atoms with E-state index in [0.29, 0.717) is 18.9 Å². The summed E-state index contributed by atoms with van der Waals surface area (Å²) in [5, 5.41) is 8.19. The molecule has 55 heavy (non-hydrogen) atoms. The van der Waals surface area contributed by atoms with Crippen molar-refractivity contribution in [1.82, 2.24) is 45.4 Å².